The van der Waals surface area contributed by atoms with E-state index in [-0.39, 0.29) is 0 Å². The fraction of sp³-hybridized carbons (Fsp3) is 0.600. The zero-order valence-electron chi connectivity index (χ0n) is 9.61. The molecule has 0 saturated carbocycles. The molecule has 1 saturated heterocycles. The van der Waals surface area contributed by atoms with Crippen molar-refractivity contribution in [3.05, 3.63) is 33.1 Å². The Kier molecular flexibility index (Phi) is 3.11. The molecule has 8 nitrogen and oxygen atoms in total. The number of aliphatic hydroxyl groups excluding tert-OH is 3. The highest BCUT2D eigenvalue weighted by atomic mass is 16.6. The minimum Gasteiger partial charge on any atom is -0.393 e. The zero-order chi connectivity index (χ0) is 13.5. The molecule has 1 unspecified atom stereocenters. The van der Waals surface area contributed by atoms with Gasteiger partial charge in [-0.1, -0.05) is 0 Å². The summed E-state index contributed by atoms with van der Waals surface area (Å²) >= 11 is 0. The SMILES string of the molecule is C[C@]1(CO)OC(n2ccc(=O)[nH]c2=O)[C@H](O)[C@@H]1O. The Morgan fingerprint density at radius 1 is 1.50 bits per heavy atom. The summed E-state index contributed by atoms with van der Waals surface area (Å²) in [5.74, 6) is 0. The van der Waals surface area contributed by atoms with E-state index in [1.807, 2.05) is 4.98 Å². The summed E-state index contributed by atoms with van der Waals surface area (Å²) in [5, 5.41) is 28.8. The van der Waals surface area contributed by atoms with E-state index in [9.17, 15) is 19.8 Å². The second kappa shape index (κ2) is 4.32. The van der Waals surface area contributed by atoms with Crippen molar-refractivity contribution in [2.75, 3.05) is 6.61 Å². The first-order valence-electron chi connectivity index (χ1n) is 5.35. The van der Waals surface area contributed by atoms with E-state index < -0.39 is 41.9 Å². The van der Waals surface area contributed by atoms with E-state index in [1.54, 1.807) is 0 Å². The van der Waals surface area contributed by atoms with Gasteiger partial charge in [-0.05, 0) is 6.92 Å². The van der Waals surface area contributed by atoms with E-state index in [1.165, 1.54) is 6.92 Å². The highest BCUT2D eigenvalue weighted by Gasteiger charge is 2.51. The van der Waals surface area contributed by atoms with Crippen molar-refractivity contribution in [1.82, 2.24) is 9.55 Å². The molecule has 0 spiro atoms. The van der Waals surface area contributed by atoms with Crippen molar-refractivity contribution in [3.8, 4) is 0 Å². The molecule has 0 aliphatic carbocycles. The molecule has 2 heterocycles. The molecule has 1 aliphatic rings. The van der Waals surface area contributed by atoms with Crippen LogP contribution in [0.15, 0.2) is 21.9 Å². The molecule has 4 N–H and O–H groups in total. The Morgan fingerprint density at radius 3 is 2.67 bits per heavy atom. The maximum absolute atomic E-state index is 11.6. The Balaban J connectivity index is 2.41. The Bertz CT molecular complexity index is 552. The van der Waals surface area contributed by atoms with E-state index in [2.05, 4.69) is 0 Å². The first kappa shape index (κ1) is 13.0. The standard InChI is InChI=1S/C10H14N2O6/c1-10(4-13)7(16)6(15)8(18-10)12-3-2-5(14)11-9(12)17/h2-3,6-8,13,15-16H,4H2,1H3,(H,11,14,17)/t6-,7+,8?,10-/m1/s1. The number of aromatic amines is 1. The number of nitrogens with one attached hydrogen (secondary N) is 1. The fourth-order valence-electron chi connectivity index (χ4n) is 1.91. The van der Waals surface area contributed by atoms with Crippen LogP contribution < -0.4 is 11.2 Å². The van der Waals surface area contributed by atoms with Crippen molar-refractivity contribution in [2.24, 2.45) is 0 Å². The van der Waals surface area contributed by atoms with Crippen molar-refractivity contribution in [3.63, 3.8) is 0 Å². The predicted molar refractivity (Wildman–Crippen MR) is 58.9 cm³/mol. The van der Waals surface area contributed by atoms with Crippen LogP contribution >= 0.6 is 0 Å². The smallest absolute Gasteiger partial charge is 0.330 e. The number of aromatic nitrogens is 2. The normalized spacial score (nSPS) is 35.9. The molecule has 0 radical (unpaired) electrons. The van der Waals surface area contributed by atoms with Crippen LogP contribution in [0.3, 0.4) is 0 Å². The lowest BCUT2D eigenvalue weighted by Gasteiger charge is -2.24. The van der Waals surface area contributed by atoms with Gasteiger partial charge in [0.05, 0.1) is 6.61 Å². The molecule has 0 amide bonds. The second-order valence-corrected chi connectivity index (χ2v) is 4.43. The molecule has 1 aromatic heterocycles. The maximum Gasteiger partial charge on any atom is 0.330 e. The second-order valence-electron chi connectivity index (χ2n) is 4.43. The summed E-state index contributed by atoms with van der Waals surface area (Å²) in [7, 11) is 0. The zero-order valence-corrected chi connectivity index (χ0v) is 9.61. The summed E-state index contributed by atoms with van der Waals surface area (Å²) in [5.41, 5.74) is -2.70. The summed E-state index contributed by atoms with van der Waals surface area (Å²) in [6, 6.07) is 1.10. The van der Waals surface area contributed by atoms with E-state index in [4.69, 9.17) is 9.84 Å². The molecule has 2 rings (SSSR count). The molecular weight excluding hydrogens is 244 g/mol. The van der Waals surface area contributed by atoms with Gasteiger partial charge in [-0.3, -0.25) is 14.3 Å². The number of H-pyrrole nitrogens is 1. The average Bonchev–Trinajstić information content (AvgIpc) is 2.55. The van der Waals surface area contributed by atoms with Gasteiger partial charge in [0.2, 0.25) is 0 Å². The van der Waals surface area contributed by atoms with Gasteiger partial charge in [0, 0.05) is 12.3 Å². The van der Waals surface area contributed by atoms with Crippen LogP contribution in [0.2, 0.25) is 0 Å². The van der Waals surface area contributed by atoms with Crippen LogP contribution in [0.5, 0.6) is 0 Å². The third-order valence-electron chi connectivity index (χ3n) is 3.07. The molecule has 1 aromatic rings. The van der Waals surface area contributed by atoms with Gasteiger partial charge < -0.3 is 20.1 Å². The Labute approximate surface area is 101 Å². The van der Waals surface area contributed by atoms with Gasteiger partial charge in [0.1, 0.15) is 17.8 Å². The van der Waals surface area contributed by atoms with E-state index >= 15 is 0 Å². The van der Waals surface area contributed by atoms with Crippen LogP contribution in [-0.2, 0) is 4.74 Å². The van der Waals surface area contributed by atoms with Crippen LogP contribution in [0.25, 0.3) is 0 Å². The van der Waals surface area contributed by atoms with Gasteiger partial charge in [-0.15, -0.1) is 0 Å². The molecule has 0 aromatic carbocycles. The van der Waals surface area contributed by atoms with Crippen LogP contribution in [0.1, 0.15) is 13.2 Å². The summed E-state index contributed by atoms with van der Waals surface area (Å²) < 4.78 is 6.27. The molecule has 8 heteroatoms. The predicted octanol–water partition coefficient (Wildman–Crippen LogP) is -2.46. The summed E-state index contributed by atoms with van der Waals surface area (Å²) in [6.07, 6.45) is -2.73. The lowest BCUT2D eigenvalue weighted by molar-refractivity contribution is -0.117. The minimum absolute atomic E-state index is 0.514. The summed E-state index contributed by atoms with van der Waals surface area (Å²) in [4.78, 5) is 24.5. The van der Waals surface area contributed by atoms with Crippen LogP contribution in [-0.4, -0.2) is 49.3 Å². The quantitative estimate of drug-likeness (QED) is 0.466. The minimum atomic E-state index is -1.38. The number of nitrogens with zero attached hydrogens (tertiary/aromatic N) is 1. The molecule has 1 fully saturated rings. The number of ether oxygens (including phenoxy) is 1. The highest BCUT2D eigenvalue weighted by molar-refractivity contribution is 4.99. The van der Waals surface area contributed by atoms with Gasteiger partial charge in [0.15, 0.2) is 6.23 Å². The van der Waals surface area contributed by atoms with Gasteiger partial charge >= 0.3 is 5.69 Å². The molecule has 0 bridgehead atoms. The number of hydrogen-bond acceptors (Lipinski definition) is 6. The summed E-state index contributed by atoms with van der Waals surface area (Å²) in [6.45, 7) is 0.900. The lowest BCUT2D eigenvalue weighted by Crippen LogP contribution is -2.43. The Hall–Kier alpha value is -1.48. The Morgan fingerprint density at radius 2 is 2.17 bits per heavy atom. The average molecular weight is 258 g/mol. The number of rotatable bonds is 2. The molecular formula is C10H14N2O6. The third-order valence-corrected chi connectivity index (χ3v) is 3.07. The highest BCUT2D eigenvalue weighted by Crippen LogP contribution is 2.35. The fourth-order valence-corrected chi connectivity index (χ4v) is 1.91. The van der Waals surface area contributed by atoms with Crippen molar-refractivity contribution >= 4 is 0 Å². The van der Waals surface area contributed by atoms with Gasteiger partial charge in [-0.2, -0.15) is 0 Å². The number of hydrogen-bond donors (Lipinski definition) is 4. The molecule has 100 valence electrons. The maximum atomic E-state index is 11.6. The molecule has 18 heavy (non-hydrogen) atoms. The van der Waals surface area contributed by atoms with Gasteiger partial charge in [-0.25, -0.2) is 4.79 Å². The lowest BCUT2D eigenvalue weighted by atomic mass is 9.99. The monoisotopic (exact) mass is 258 g/mol. The topological polar surface area (TPSA) is 125 Å². The van der Waals surface area contributed by atoms with Crippen LogP contribution in [0.4, 0.5) is 0 Å². The van der Waals surface area contributed by atoms with E-state index in [0.29, 0.717) is 0 Å². The first-order valence-corrected chi connectivity index (χ1v) is 5.35. The van der Waals surface area contributed by atoms with Crippen molar-refractivity contribution in [2.45, 2.75) is 31.0 Å². The first-order chi connectivity index (χ1) is 8.39. The van der Waals surface area contributed by atoms with Crippen molar-refractivity contribution in [1.29, 1.82) is 0 Å². The van der Waals surface area contributed by atoms with Crippen LogP contribution in [0, 0.1) is 0 Å². The third kappa shape index (κ3) is 1.89. The van der Waals surface area contributed by atoms with E-state index in [0.717, 1.165) is 16.8 Å². The molecule has 4 atom stereocenters. The number of aliphatic hydroxyl groups is 3. The van der Waals surface area contributed by atoms with Gasteiger partial charge in [0.25, 0.3) is 5.56 Å². The molecule has 1 aliphatic heterocycles. The van der Waals surface area contributed by atoms with Crippen molar-refractivity contribution < 1.29 is 20.1 Å². The largest absolute Gasteiger partial charge is 0.393 e.